The van der Waals surface area contributed by atoms with E-state index in [1.54, 1.807) is 32.4 Å². The molecule has 0 saturated carbocycles. The highest BCUT2D eigenvalue weighted by atomic mass is 16.5. The molecule has 0 radical (unpaired) electrons. The molecule has 1 amide bonds. The minimum absolute atomic E-state index is 0.115. The summed E-state index contributed by atoms with van der Waals surface area (Å²) in [6.45, 7) is 1.11. The molecular weight excluding hydrogens is 376 g/mol. The summed E-state index contributed by atoms with van der Waals surface area (Å²) in [5, 5.41) is 2.92. The van der Waals surface area contributed by atoms with Crippen LogP contribution in [0.2, 0.25) is 0 Å². The van der Waals surface area contributed by atoms with Gasteiger partial charge in [0.05, 0.1) is 20.1 Å². The highest BCUT2D eigenvalue weighted by Crippen LogP contribution is 2.30. The summed E-state index contributed by atoms with van der Waals surface area (Å²) in [5.74, 6) is 1.26. The van der Waals surface area contributed by atoms with Crippen molar-refractivity contribution in [2.24, 2.45) is 20.0 Å². The Bertz CT molecular complexity index is 1030. The molecule has 1 fully saturated rings. The number of nitrogens with one attached hydrogen (secondary N) is 1. The van der Waals surface area contributed by atoms with Gasteiger partial charge < -0.3 is 19.7 Å². The normalized spacial score (nSPS) is 16.4. The summed E-state index contributed by atoms with van der Waals surface area (Å²) in [5.41, 5.74) is -0.129. The van der Waals surface area contributed by atoms with Crippen molar-refractivity contribution in [3.63, 3.8) is 0 Å². The molecule has 1 aliphatic rings. The van der Waals surface area contributed by atoms with Crippen molar-refractivity contribution in [3.8, 4) is 11.5 Å². The van der Waals surface area contributed by atoms with E-state index in [1.807, 2.05) is 4.90 Å². The van der Waals surface area contributed by atoms with Crippen LogP contribution in [-0.4, -0.2) is 42.4 Å². The van der Waals surface area contributed by atoms with Gasteiger partial charge in [0, 0.05) is 45.0 Å². The minimum atomic E-state index is -0.385. The van der Waals surface area contributed by atoms with E-state index in [2.05, 4.69) is 5.32 Å². The lowest BCUT2D eigenvalue weighted by Gasteiger charge is -2.34. The van der Waals surface area contributed by atoms with Crippen LogP contribution in [0.5, 0.6) is 11.5 Å². The number of nitrogens with zero attached hydrogens (tertiary/aromatic N) is 3. The molecule has 1 aliphatic heterocycles. The second-order valence-corrected chi connectivity index (χ2v) is 7.09. The Morgan fingerprint density at radius 2 is 1.79 bits per heavy atom. The molecule has 2 heterocycles. The zero-order valence-electron chi connectivity index (χ0n) is 17.1. The SMILES string of the molecule is COc1ccc(NC(=O)[C@@H]2CCCN(c3cc(=O)n(C)c(=O)n3C)C2)cc1OC. The molecule has 9 nitrogen and oxygen atoms in total. The predicted octanol–water partition coefficient (Wildman–Crippen LogP) is 0.956. The number of anilines is 2. The van der Waals surface area contributed by atoms with Gasteiger partial charge in [0.25, 0.3) is 5.56 Å². The molecule has 1 aromatic carbocycles. The number of carbonyl (C=O) groups is 1. The van der Waals surface area contributed by atoms with E-state index in [0.717, 1.165) is 17.4 Å². The number of aromatic nitrogens is 2. The Morgan fingerprint density at radius 3 is 2.48 bits per heavy atom. The smallest absolute Gasteiger partial charge is 0.332 e. The maximum atomic E-state index is 12.8. The zero-order chi connectivity index (χ0) is 21.1. The fourth-order valence-electron chi connectivity index (χ4n) is 3.58. The van der Waals surface area contributed by atoms with Crippen LogP contribution < -0.4 is 30.9 Å². The first kappa shape index (κ1) is 20.5. The summed E-state index contributed by atoms with van der Waals surface area (Å²) in [4.78, 5) is 39.0. The van der Waals surface area contributed by atoms with Crippen LogP contribution in [0, 0.1) is 5.92 Å². The van der Waals surface area contributed by atoms with E-state index >= 15 is 0 Å². The molecule has 0 bridgehead atoms. The van der Waals surface area contributed by atoms with Crippen LogP contribution in [0.3, 0.4) is 0 Å². The van der Waals surface area contributed by atoms with Crippen LogP contribution in [0.4, 0.5) is 11.5 Å². The van der Waals surface area contributed by atoms with Crippen LogP contribution in [0.15, 0.2) is 33.9 Å². The monoisotopic (exact) mass is 402 g/mol. The maximum Gasteiger partial charge on any atom is 0.332 e. The van der Waals surface area contributed by atoms with Crippen molar-refractivity contribution in [1.29, 1.82) is 0 Å². The third-order valence-electron chi connectivity index (χ3n) is 5.27. The summed E-state index contributed by atoms with van der Waals surface area (Å²) >= 11 is 0. The second-order valence-electron chi connectivity index (χ2n) is 7.09. The predicted molar refractivity (Wildman–Crippen MR) is 110 cm³/mol. The van der Waals surface area contributed by atoms with E-state index in [0.29, 0.717) is 36.1 Å². The van der Waals surface area contributed by atoms with Crippen molar-refractivity contribution < 1.29 is 14.3 Å². The van der Waals surface area contributed by atoms with Gasteiger partial charge in [-0.1, -0.05) is 0 Å². The van der Waals surface area contributed by atoms with Crippen LogP contribution >= 0.6 is 0 Å². The number of piperidine rings is 1. The number of hydrogen-bond acceptors (Lipinski definition) is 6. The third kappa shape index (κ3) is 4.13. The first-order chi connectivity index (χ1) is 13.8. The highest BCUT2D eigenvalue weighted by molar-refractivity contribution is 5.93. The van der Waals surface area contributed by atoms with Crippen molar-refractivity contribution in [2.45, 2.75) is 12.8 Å². The Kier molecular flexibility index (Phi) is 5.95. The summed E-state index contributed by atoms with van der Waals surface area (Å²) in [7, 11) is 6.17. The van der Waals surface area contributed by atoms with Crippen LogP contribution in [0.1, 0.15) is 12.8 Å². The topological polar surface area (TPSA) is 94.8 Å². The molecular formula is C20H26N4O5. The molecule has 0 aliphatic carbocycles. The Hall–Kier alpha value is -3.23. The molecule has 156 valence electrons. The first-order valence-electron chi connectivity index (χ1n) is 9.40. The van der Waals surface area contributed by atoms with Gasteiger partial charge in [0.1, 0.15) is 5.82 Å². The molecule has 29 heavy (non-hydrogen) atoms. The van der Waals surface area contributed by atoms with E-state index in [-0.39, 0.29) is 23.1 Å². The molecule has 1 N–H and O–H groups in total. The van der Waals surface area contributed by atoms with Crippen LogP contribution in [0.25, 0.3) is 0 Å². The molecule has 0 unspecified atom stereocenters. The molecule has 2 aromatic rings. The molecule has 9 heteroatoms. The number of hydrogen-bond donors (Lipinski definition) is 1. The van der Waals surface area contributed by atoms with Gasteiger partial charge in [-0.3, -0.25) is 18.7 Å². The van der Waals surface area contributed by atoms with Gasteiger partial charge in [0.15, 0.2) is 11.5 Å². The minimum Gasteiger partial charge on any atom is -0.493 e. The number of amides is 1. The zero-order valence-corrected chi connectivity index (χ0v) is 17.1. The lowest BCUT2D eigenvalue weighted by atomic mass is 9.97. The number of rotatable bonds is 5. The quantitative estimate of drug-likeness (QED) is 0.800. The van der Waals surface area contributed by atoms with Crippen LogP contribution in [-0.2, 0) is 18.9 Å². The van der Waals surface area contributed by atoms with Gasteiger partial charge in [-0.25, -0.2) is 4.79 Å². The molecule has 1 atom stereocenters. The van der Waals surface area contributed by atoms with Gasteiger partial charge in [-0.05, 0) is 25.0 Å². The summed E-state index contributed by atoms with van der Waals surface area (Å²) in [6, 6.07) is 6.64. The Balaban J connectivity index is 1.77. The average Bonchev–Trinajstić information content (AvgIpc) is 2.74. The largest absolute Gasteiger partial charge is 0.493 e. The maximum absolute atomic E-state index is 12.8. The molecule has 1 aromatic heterocycles. The number of carbonyl (C=O) groups excluding carboxylic acids is 1. The number of ether oxygens (including phenoxy) is 2. The van der Waals surface area contributed by atoms with Crippen molar-refractivity contribution in [1.82, 2.24) is 9.13 Å². The lowest BCUT2D eigenvalue weighted by molar-refractivity contribution is -0.120. The summed E-state index contributed by atoms with van der Waals surface area (Å²) in [6.07, 6.45) is 1.52. The third-order valence-corrected chi connectivity index (χ3v) is 5.27. The van der Waals surface area contributed by atoms with Crippen molar-refractivity contribution >= 4 is 17.4 Å². The van der Waals surface area contributed by atoms with Gasteiger partial charge in [-0.15, -0.1) is 0 Å². The molecule has 0 spiro atoms. The van der Waals surface area contributed by atoms with Gasteiger partial charge in [-0.2, -0.15) is 0 Å². The highest BCUT2D eigenvalue weighted by Gasteiger charge is 2.27. The molecule has 3 rings (SSSR count). The van der Waals surface area contributed by atoms with Gasteiger partial charge in [0.2, 0.25) is 5.91 Å². The van der Waals surface area contributed by atoms with E-state index in [4.69, 9.17) is 9.47 Å². The standard InChI is InChI=1S/C20H26N4O5/c1-22-17(11-18(25)23(2)20(22)27)24-9-5-6-13(12-24)19(26)21-14-7-8-15(28-3)16(10-14)29-4/h7-8,10-11,13H,5-6,9,12H2,1-4H3,(H,21,26)/t13-/m1/s1. The van der Waals surface area contributed by atoms with E-state index < -0.39 is 0 Å². The van der Waals surface area contributed by atoms with Gasteiger partial charge >= 0.3 is 5.69 Å². The summed E-state index contributed by atoms with van der Waals surface area (Å²) < 4.78 is 13.0. The van der Waals surface area contributed by atoms with Crippen molar-refractivity contribution in [2.75, 3.05) is 37.5 Å². The Morgan fingerprint density at radius 1 is 1.07 bits per heavy atom. The number of benzene rings is 1. The fraction of sp³-hybridized carbons (Fsp3) is 0.450. The first-order valence-corrected chi connectivity index (χ1v) is 9.40. The Labute approximate surface area is 168 Å². The van der Waals surface area contributed by atoms with E-state index in [1.165, 1.54) is 24.8 Å². The molecule has 1 saturated heterocycles. The second kappa shape index (κ2) is 8.42. The number of methoxy groups -OCH3 is 2. The van der Waals surface area contributed by atoms with Crippen molar-refractivity contribution in [3.05, 3.63) is 45.1 Å². The fourth-order valence-corrected chi connectivity index (χ4v) is 3.58. The lowest BCUT2D eigenvalue weighted by Crippen LogP contribution is -2.45. The van der Waals surface area contributed by atoms with E-state index in [9.17, 15) is 14.4 Å². The average molecular weight is 402 g/mol.